The Morgan fingerprint density at radius 1 is 1.47 bits per heavy atom. The molecule has 1 fully saturated rings. The van der Waals surface area contributed by atoms with Crippen molar-refractivity contribution in [3.63, 3.8) is 0 Å². The van der Waals surface area contributed by atoms with Crippen LogP contribution in [0.3, 0.4) is 0 Å². The maximum absolute atomic E-state index is 11.9. The fourth-order valence-electron chi connectivity index (χ4n) is 2.14. The predicted octanol–water partition coefficient (Wildman–Crippen LogP) is 0.975. The van der Waals surface area contributed by atoms with E-state index in [0.29, 0.717) is 12.6 Å². The van der Waals surface area contributed by atoms with Crippen LogP contribution in [0.15, 0.2) is 0 Å². The van der Waals surface area contributed by atoms with E-state index in [2.05, 4.69) is 36.3 Å². The molecule has 0 saturated carbocycles. The van der Waals surface area contributed by atoms with Crippen molar-refractivity contribution >= 4 is 5.91 Å². The van der Waals surface area contributed by atoms with Crippen LogP contribution in [0.1, 0.15) is 40.0 Å². The highest BCUT2D eigenvalue weighted by Crippen LogP contribution is 2.10. The number of carbonyl (C=O) groups is 1. The summed E-state index contributed by atoms with van der Waals surface area (Å²) in [6.45, 7) is 8.78. The van der Waals surface area contributed by atoms with Gasteiger partial charge in [0.1, 0.15) is 0 Å². The predicted molar refractivity (Wildman–Crippen MR) is 71.0 cm³/mol. The van der Waals surface area contributed by atoms with Gasteiger partial charge in [0.2, 0.25) is 5.91 Å². The fraction of sp³-hybridized carbons (Fsp3) is 0.923. The molecule has 1 heterocycles. The number of amides is 1. The van der Waals surface area contributed by atoms with Crippen molar-refractivity contribution in [1.29, 1.82) is 0 Å². The molecule has 0 aromatic rings. The van der Waals surface area contributed by atoms with Crippen LogP contribution >= 0.6 is 0 Å². The first-order chi connectivity index (χ1) is 7.96. The van der Waals surface area contributed by atoms with Crippen molar-refractivity contribution in [3.8, 4) is 0 Å². The monoisotopic (exact) mass is 241 g/mol. The van der Waals surface area contributed by atoms with E-state index in [0.717, 1.165) is 19.5 Å². The van der Waals surface area contributed by atoms with Gasteiger partial charge in [-0.15, -0.1) is 0 Å². The minimum Gasteiger partial charge on any atom is -0.350 e. The molecule has 0 aromatic heterocycles. The third-order valence-corrected chi connectivity index (χ3v) is 3.64. The summed E-state index contributed by atoms with van der Waals surface area (Å²) < 4.78 is 0. The summed E-state index contributed by atoms with van der Waals surface area (Å²) >= 11 is 0. The second kappa shape index (κ2) is 6.36. The number of nitrogens with one attached hydrogen (secondary N) is 2. The zero-order valence-corrected chi connectivity index (χ0v) is 11.7. The normalized spacial score (nSPS) is 22.5. The molecule has 1 saturated heterocycles. The maximum Gasteiger partial charge on any atom is 0.234 e. The Labute approximate surface area is 105 Å². The van der Waals surface area contributed by atoms with Gasteiger partial charge in [-0.2, -0.15) is 0 Å². The summed E-state index contributed by atoms with van der Waals surface area (Å²) in [6, 6.07) is 0.538. The van der Waals surface area contributed by atoms with Gasteiger partial charge in [-0.1, -0.05) is 6.92 Å². The second-order valence-electron chi connectivity index (χ2n) is 5.65. The van der Waals surface area contributed by atoms with E-state index in [1.54, 1.807) is 0 Å². The van der Waals surface area contributed by atoms with Gasteiger partial charge < -0.3 is 10.6 Å². The fourth-order valence-corrected chi connectivity index (χ4v) is 2.14. The molecule has 1 atom stereocenters. The summed E-state index contributed by atoms with van der Waals surface area (Å²) in [4.78, 5) is 14.1. The lowest BCUT2D eigenvalue weighted by Crippen LogP contribution is -2.51. The SMILES string of the molecule is CCC(C)(C)NC(=O)CN1CCCC(NC)C1. The lowest BCUT2D eigenvalue weighted by atomic mass is 10.0. The van der Waals surface area contributed by atoms with Gasteiger partial charge in [-0.25, -0.2) is 0 Å². The largest absolute Gasteiger partial charge is 0.350 e. The van der Waals surface area contributed by atoms with Crippen LogP contribution in [0.25, 0.3) is 0 Å². The Morgan fingerprint density at radius 2 is 2.18 bits per heavy atom. The summed E-state index contributed by atoms with van der Waals surface area (Å²) in [7, 11) is 1.99. The molecule has 0 aromatic carbocycles. The summed E-state index contributed by atoms with van der Waals surface area (Å²) in [5.74, 6) is 0.147. The first kappa shape index (κ1) is 14.5. The highest BCUT2D eigenvalue weighted by atomic mass is 16.2. The molecule has 1 aliphatic rings. The van der Waals surface area contributed by atoms with Crippen molar-refractivity contribution in [1.82, 2.24) is 15.5 Å². The lowest BCUT2D eigenvalue weighted by molar-refractivity contribution is -0.124. The standard InChI is InChI=1S/C13H27N3O/c1-5-13(2,3)15-12(17)10-16-8-6-7-11(9-16)14-4/h11,14H,5-10H2,1-4H3,(H,15,17). The summed E-state index contributed by atoms with van der Waals surface area (Å²) in [5.41, 5.74) is -0.0880. The van der Waals surface area contributed by atoms with Gasteiger partial charge in [0, 0.05) is 18.1 Å². The van der Waals surface area contributed by atoms with Crippen molar-refractivity contribution in [2.45, 2.75) is 51.6 Å². The Hall–Kier alpha value is -0.610. The van der Waals surface area contributed by atoms with E-state index < -0.39 is 0 Å². The number of rotatable bonds is 5. The van der Waals surface area contributed by atoms with Crippen molar-refractivity contribution in [3.05, 3.63) is 0 Å². The zero-order valence-electron chi connectivity index (χ0n) is 11.7. The topological polar surface area (TPSA) is 44.4 Å². The molecule has 1 rings (SSSR count). The molecule has 0 radical (unpaired) electrons. The van der Waals surface area contributed by atoms with Gasteiger partial charge in [-0.3, -0.25) is 9.69 Å². The van der Waals surface area contributed by atoms with E-state index in [4.69, 9.17) is 0 Å². The Kier molecular flexibility index (Phi) is 5.40. The number of carbonyl (C=O) groups excluding carboxylic acids is 1. The number of hydrogen-bond donors (Lipinski definition) is 2. The average molecular weight is 241 g/mol. The van der Waals surface area contributed by atoms with Crippen LogP contribution in [-0.2, 0) is 4.79 Å². The Morgan fingerprint density at radius 3 is 2.76 bits per heavy atom. The van der Waals surface area contributed by atoms with Gasteiger partial charge in [-0.05, 0) is 46.7 Å². The molecule has 1 amide bonds. The molecule has 4 heteroatoms. The van der Waals surface area contributed by atoms with E-state index in [-0.39, 0.29) is 11.4 Å². The highest BCUT2D eigenvalue weighted by molar-refractivity contribution is 5.78. The van der Waals surface area contributed by atoms with Gasteiger partial charge in [0.15, 0.2) is 0 Å². The first-order valence-electron chi connectivity index (χ1n) is 6.67. The van der Waals surface area contributed by atoms with Gasteiger partial charge in [0.25, 0.3) is 0 Å². The third kappa shape index (κ3) is 5.04. The zero-order chi connectivity index (χ0) is 12.9. The molecule has 2 N–H and O–H groups in total. The quantitative estimate of drug-likeness (QED) is 0.754. The van der Waals surface area contributed by atoms with Crippen molar-refractivity contribution < 1.29 is 4.79 Å². The molecule has 0 bridgehead atoms. The van der Waals surface area contributed by atoms with Gasteiger partial charge >= 0.3 is 0 Å². The van der Waals surface area contributed by atoms with Crippen LogP contribution < -0.4 is 10.6 Å². The van der Waals surface area contributed by atoms with Crippen molar-refractivity contribution in [2.75, 3.05) is 26.7 Å². The van der Waals surface area contributed by atoms with Crippen LogP contribution in [0.5, 0.6) is 0 Å². The number of nitrogens with zero attached hydrogens (tertiary/aromatic N) is 1. The molecule has 1 aliphatic heterocycles. The highest BCUT2D eigenvalue weighted by Gasteiger charge is 2.23. The molecule has 100 valence electrons. The molecule has 1 unspecified atom stereocenters. The van der Waals surface area contributed by atoms with Crippen molar-refractivity contribution in [2.24, 2.45) is 0 Å². The molecular formula is C13H27N3O. The van der Waals surface area contributed by atoms with E-state index in [9.17, 15) is 4.79 Å². The van der Waals surface area contributed by atoms with Crippen LogP contribution in [0.2, 0.25) is 0 Å². The number of likely N-dealkylation sites (tertiary alicyclic amines) is 1. The molecule has 4 nitrogen and oxygen atoms in total. The minimum atomic E-state index is -0.0880. The smallest absolute Gasteiger partial charge is 0.234 e. The second-order valence-corrected chi connectivity index (χ2v) is 5.65. The van der Waals surface area contributed by atoms with E-state index >= 15 is 0 Å². The van der Waals surface area contributed by atoms with E-state index in [1.165, 1.54) is 12.8 Å². The number of piperidine rings is 1. The maximum atomic E-state index is 11.9. The Balaban J connectivity index is 2.35. The lowest BCUT2D eigenvalue weighted by Gasteiger charge is -2.33. The number of hydrogen-bond acceptors (Lipinski definition) is 3. The number of likely N-dealkylation sites (N-methyl/N-ethyl adjacent to an activating group) is 1. The van der Waals surface area contributed by atoms with Gasteiger partial charge in [0.05, 0.1) is 6.54 Å². The molecular weight excluding hydrogens is 214 g/mol. The van der Waals surface area contributed by atoms with Crippen LogP contribution in [0.4, 0.5) is 0 Å². The third-order valence-electron chi connectivity index (χ3n) is 3.64. The summed E-state index contributed by atoms with van der Waals surface area (Å²) in [6.07, 6.45) is 3.35. The van der Waals surface area contributed by atoms with Crippen LogP contribution in [-0.4, -0.2) is 49.1 Å². The minimum absolute atomic E-state index is 0.0880. The Bertz CT molecular complexity index is 253. The first-order valence-corrected chi connectivity index (χ1v) is 6.67. The summed E-state index contributed by atoms with van der Waals surface area (Å²) in [5, 5.41) is 6.38. The molecule has 0 spiro atoms. The average Bonchev–Trinajstić information content (AvgIpc) is 2.28. The van der Waals surface area contributed by atoms with Crippen LogP contribution in [0, 0.1) is 0 Å². The van der Waals surface area contributed by atoms with E-state index in [1.807, 2.05) is 7.05 Å². The molecule has 0 aliphatic carbocycles. The molecule has 17 heavy (non-hydrogen) atoms.